The van der Waals surface area contributed by atoms with Crippen molar-refractivity contribution in [3.8, 4) is 11.5 Å². The number of benzene rings is 2. The number of ether oxygens (including phenoxy) is 1. The van der Waals surface area contributed by atoms with Crippen LogP contribution < -0.4 is 4.74 Å². The highest BCUT2D eigenvalue weighted by Crippen LogP contribution is 2.34. The zero-order chi connectivity index (χ0) is 14.7. The van der Waals surface area contributed by atoms with Gasteiger partial charge in [0.1, 0.15) is 11.5 Å². The second-order valence-electron chi connectivity index (χ2n) is 4.74. The lowest BCUT2D eigenvalue weighted by Crippen LogP contribution is -1.97. The summed E-state index contributed by atoms with van der Waals surface area (Å²) in [6.07, 6.45) is 0. The Morgan fingerprint density at radius 2 is 1.85 bits per heavy atom. The van der Waals surface area contributed by atoms with Crippen molar-refractivity contribution in [3.05, 3.63) is 58.6 Å². The van der Waals surface area contributed by atoms with Crippen molar-refractivity contribution >= 4 is 17.6 Å². The molecule has 104 valence electrons. The Morgan fingerprint density at radius 1 is 1.15 bits per heavy atom. The number of carboxylic acid groups (broad SMARTS) is 1. The largest absolute Gasteiger partial charge is 0.478 e. The van der Waals surface area contributed by atoms with Crippen molar-refractivity contribution < 1.29 is 14.6 Å². The first-order chi connectivity index (χ1) is 9.49. The van der Waals surface area contributed by atoms with E-state index in [2.05, 4.69) is 13.8 Å². The van der Waals surface area contributed by atoms with Crippen molar-refractivity contribution in [1.82, 2.24) is 0 Å². The van der Waals surface area contributed by atoms with Gasteiger partial charge >= 0.3 is 5.97 Å². The Kier molecular flexibility index (Phi) is 4.30. The number of hydrogen-bond acceptors (Lipinski definition) is 2. The van der Waals surface area contributed by atoms with E-state index < -0.39 is 5.97 Å². The number of hydrogen-bond donors (Lipinski definition) is 1. The molecule has 0 saturated carbocycles. The number of carboxylic acids is 1. The summed E-state index contributed by atoms with van der Waals surface area (Å²) in [7, 11) is 0. The zero-order valence-corrected chi connectivity index (χ0v) is 12.0. The maximum absolute atomic E-state index is 10.9. The summed E-state index contributed by atoms with van der Waals surface area (Å²) in [5.41, 5.74) is 1.21. The van der Waals surface area contributed by atoms with Gasteiger partial charge in [0.25, 0.3) is 0 Å². The first kappa shape index (κ1) is 14.4. The van der Waals surface area contributed by atoms with Crippen LogP contribution in [0.2, 0.25) is 5.02 Å². The lowest BCUT2D eigenvalue weighted by Gasteiger charge is -2.14. The molecule has 20 heavy (non-hydrogen) atoms. The second kappa shape index (κ2) is 5.97. The van der Waals surface area contributed by atoms with E-state index in [4.69, 9.17) is 21.4 Å². The van der Waals surface area contributed by atoms with E-state index >= 15 is 0 Å². The van der Waals surface area contributed by atoms with Gasteiger partial charge in [0.2, 0.25) is 0 Å². The van der Waals surface area contributed by atoms with Crippen molar-refractivity contribution in [1.29, 1.82) is 0 Å². The number of halogens is 1. The van der Waals surface area contributed by atoms with Crippen LogP contribution in [0.15, 0.2) is 42.5 Å². The number of para-hydroxylation sites is 1. The zero-order valence-electron chi connectivity index (χ0n) is 11.3. The van der Waals surface area contributed by atoms with Gasteiger partial charge in [0.15, 0.2) is 0 Å². The van der Waals surface area contributed by atoms with Crippen LogP contribution in [0.1, 0.15) is 35.7 Å². The van der Waals surface area contributed by atoms with E-state index in [1.807, 2.05) is 24.3 Å². The Labute approximate surface area is 122 Å². The van der Waals surface area contributed by atoms with Gasteiger partial charge in [-0.3, -0.25) is 0 Å². The van der Waals surface area contributed by atoms with Crippen molar-refractivity contribution in [2.45, 2.75) is 19.8 Å². The van der Waals surface area contributed by atoms with Gasteiger partial charge in [-0.1, -0.05) is 43.6 Å². The van der Waals surface area contributed by atoms with Crippen molar-refractivity contribution in [2.75, 3.05) is 0 Å². The van der Waals surface area contributed by atoms with Gasteiger partial charge in [-0.05, 0) is 35.7 Å². The molecular weight excluding hydrogens is 276 g/mol. The summed E-state index contributed by atoms with van der Waals surface area (Å²) >= 11 is 6.07. The lowest BCUT2D eigenvalue weighted by atomic mass is 10.0. The molecule has 0 saturated heterocycles. The number of rotatable bonds is 4. The van der Waals surface area contributed by atoms with Crippen LogP contribution in [0.25, 0.3) is 0 Å². The smallest absolute Gasteiger partial charge is 0.335 e. The highest BCUT2D eigenvalue weighted by Gasteiger charge is 2.12. The molecule has 0 bridgehead atoms. The molecule has 0 aliphatic carbocycles. The SMILES string of the molecule is CC(C)c1ccccc1Oc1ccc(C(=O)O)cc1Cl. The topological polar surface area (TPSA) is 46.5 Å². The number of aromatic carboxylic acids is 1. The summed E-state index contributed by atoms with van der Waals surface area (Å²) in [6.45, 7) is 4.16. The lowest BCUT2D eigenvalue weighted by molar-refractivity contribution is 0.0697. The molecule has 0 fully saturated rings. The van der Waals surface area contributed by atoms with E-state index in [0.717, 1.165) is 11.3 Å². The van der Waals surface area contributed by atoms with Crippen LogP contribution in [0.4, 0.5) is 0 Å². The standard InChI is InChI=1S/C16H15ClO3/c1-10(2)12-5-3-4-6-14(12)20-15-8-7-11(16(18)19)9-13(15)17/h3-10H,1-2H3,(H,18,19). The van der Waals surface area contributed by atoms with Crippen LogP contribution in [0, 0.1) is 0 Å². The average Bonchev–Trinajstić information content (AvgIpc) is 2.41. The molecule has 2 rings (SSSR count). The Hall–Kier alpha value is -2.00. The summed E-state index contributed by atoms with van der Waals surface area (Å²) in [5.74, 6) is 0.488. The molecule has 0 aromatic heterocycles. The minimum Gasteiger partial charge on any atom is -0.478 e. The fourth-order valence-electron chi connectivity index (χ4n) is 1.89. The normalized spacial score (nSPS) is 10.6. The third-order valence-electron chi connectivity index (χ3n) is 2.94. The molecule has 0 aliphatic heterocycles. The Balaban J connectivity index is 2.33. The molecule has 3 nitrogen and oxygen atoms in total. The maximum atomic E-state index is 10.9. The molecule has 2 aromatic carbocycles. The van der Waals surface area contributed by atoms with Crippen molar-refractivity contribution in [2.24, 2.45) is 0 Å². The van der Waals surface area contributed by atoms with Gasteiger partial charge in [-0.25, -0.2) is 4.79 Å². The molecule has 0 radical (unpaired) electrons. The first-order valence-electron chi connectivity index (χ1n) is 6.28. The third kappa shape index (κ3) is 3.11. The fraction of sp³-hybridized carbons (Fsp3) is 0.188. The minimum atomic E-state index is -1.01. The van der Waals surface area contributed by atoms with E-state index in [-0.39, 0.29) is 10.6 Å². The van der Waals surface area contributed by atoms with Crippen LogP contribution in [-0.2, 0) is 0 Å². The molecular formula is C16H15ClO3. The molecule has 0 heterocycles. The van der Waals surface area contributed by atoms with E-state index in [1.165, 1.54) is 12.1 Å². The first-order valence-corrected chi connectivity index (χ1v) is 6.66. The van der Waals surface area contributed by atoms with Gasteiger partial charge in [-0.15, -0.1) is 0 Å². The quantitative estimate of drug-likeness (QED) is 0.866. The molecule has 1 N–H and O–H groups in total. The van der Waals surface area contributed by atoms with E-state index in [9.17, 15) is 4.79 Å². The Morgan fingerprint density at radius 3 is 2.45 bits per heavy atom. The molecule has 2 aromatic rings. The minimum absolute atomic E-state index is 0.138. The predicted molar refractivity (Wildman–Crippen MR) is 79.0 cm³/mol. The van der Waals surface area contributed by atoms with Crippen molar-refractivity contribution in [3.63, 3.8) is 0 Å². The van der Waals surface area contributed by atoms with Crippen LogP contribution in [-0.4, -0.2) is 11.1 Å². The van der Waals surface area contributed by atoms with Crippen LogP contribution >= 0.6 is 11.6 Å². The summed E-state index contributed by atoms with van der Waals surface area (Å²) in [6, 6.07) is 12.1. The summed E-state index contributed by atoms with van der Waals surface area (Å²) < 4.78 is 5.81. The summed E-state index contributed by atoms with van der Waals surface area (Å²) in [5, 5.41) is 9.19. The third-order valence-corrected chi connectivity index (χ3v) is 3.24. The molecule has 0 amide bonds. The average molecular weight is 291 g/mol. The molecule has 0 aliphatic rings. The summed E-state index contributed by atoms with van der Waals surface area (Å²) in [4.78, 5) is 10.9. The van der Waals surface area contributed by atoms with E-state index in [1.54, 1.807) is 6.07 Å². The van der Waals surface area contributed by atoms with Crippen LogP contribution in [0.5, 0.6) is 11.5 Å². The number of carbonyl (C=O) groups is 1. The predicted octanol–water partition coefficient (Wildman–Crippen LogP) is 4.95. The monoisotopic (exact) mass is 290 g/mol. The van der Waals surface area contributed by atoms with Gasteiger partial charge < -0.3 is 9.84 Å². The molecule has 0 atom stereocenters. The molecule has 4 heteroatoms. The highest BCUT2D eigenvalue weighted by atomic mass is 35.5. The van der Waals surface area contributed by atoms with Gasteiger partial charge in [0, 0.05) is 0 Å². The highest BCUT2D eigenvalue weighted by molar-refractivity contribution is 6.32. The second-order valence-corrected chi connectivity index (χ2v) is 5.15. The molecule has 0 spiro atoms. The van der Waals surface area contributed by atoms with Gasteiger partial charge in [0.05, 0.1) is 10.6 Å². The Bertz CT molecular complexity index is 635. The van der Waals surface area contributed by atoms with E-state index in [0.29, 0.717) is 11.7 Å². The van der Waals surface area contributed by atoms with Crippen LogP contribution in [0.3, 0.4) is 0 Å². The molecule has 0 unspecified atom stereocenters. The maximum Gasteiger partial charge on any atom is 0.335 e. The fourth-order valence-corrected chi connectivity index (χ4v) is 2.10. The van der Waals surface area contributed by atoms with Gasteiger partial charge in [-0.2, -0.15) is 0 Å².